The third-order valence-electron chi connectivity index (χ3n) is 3.37. The van der Waals surface area contributed by atoms with Crippen molar-refractivity contribution in [3.63, 3.8) is 0 Å². The van der Waals surface area contributed by atoms with Gasteiger partial charge >= 0.3 is 0 Å². The predicted octanol–water partition coefficient (Wildman–Crippen LogP) is 3.99. The summed E-state index contributed by atoms with van der Waals surface area (Å²) in [5.41, 5.74) is 2.87. The molecule has 1 rings (SSSR count). The van der Waals surface area contributed by atoms with E-state index in [2.05, 4.69) is 64.2 Å². The fraction of sp³-hybridized carbons (Fsp3) is 0.625. The molecule has 0 aliphatic heterocycles. The highest BCUT2D eigenvalue weighted by Crippen LogP contribution is 2.16. The van der Waals surface area contributed by atoms with Crippen molar-refractivity contribution in [1.82, 2.24) is 5.32 Å². The van der Waals surface area contributed by atoms with Gasteiger partial charge in [-0.05, 0) is 35.9 Å². The van der Waals surface area contributed by atoms with Gasteiger partial charge in [0.1, 0.15) is 0 Å². The van der Waals surface area contributed by atoms with Crippen LogP contribution in [0.5, 0.6) is 0 Å². The zero-order valence-electron chi connectivity index (χ0n) is 12.0. The molecule has 1 N–H and O–H groups in total. The molecule has 1 aromatic carbocycles. The lowest BCUT2D eigenvalue weighted by Gasteiger charge is -2.22. The molecule has 0 aliphatic rings. The molecule has 0 fully saturated rings. The van der Waals surface area contributed by atoms with E-state index in [1.807, 2.05) is 0 Å². The van der Waals surface area contributed by atoms with Crippen LogP contribution >= 0.6 is 0 Å². The lowest BCUT2D eigenvalue weighted by Crippen LogP contribution is -2.35. The van der Waals surface area contributed by atoms with Crippen molar-refractivity contribution >= 4 is 0 Å². The summed E-state index contributed by atoms with van der Waals surface area (Å²) in [5.74, 6) is 1.30. The molecule has 1 atom stereocenters. The molecule has 0 saturated heterocycles. The summed E-state index contributed by atoms with van der Waals surface area (Å²) in [6.45, 7) is 12.3. The molecule has 0 bridgehead atoms. The quantitative estimate of drug-likeness (QED) is 0.783. The minimum atomic E-state index is 0.588. The normalized spacial score (nSPS) is 13.4. The van der Waals surface area contributed by atoms with E-state index in [9.17, 15) is 0 Å². The smallest absolute Gasteiger partial charge is 0.0130 e. The number of likely N-dealkylation sites (N-methyl/N-ethyl adjacent to an activating group) is 1. The van der Waals surface area contributed by atoms with Gasteiger partial charge in [-0.15, -0.1) is 0 Å². The molecule has 1 aromatic rings. The fourth-order valence-electron chi connectivity index (χ4n) is 2.10. The van der Waals surface area contributed by atoms with Crippen LogP contribution in [0.1, 0.15) is 51.7 Å². The van der Waals surface area contributed by atoms with Crippen molar-refractivity contribution in [1.29, 1.82) is 0 Å². The Labute approximate surface area is 107 Å². The van der Waals surface area contributed by atoms with Crippen molar-refractivity contribution in [3.05, 3.63) is 35.4 Å². The Bertz CT molecular complexity index is 311. The first-order valence-corrected chi connectivity index (χ1v) is 6.86. The van der Waals surface area contributed by atoms with E-state index in [0.29, 0.717) is 17.9 Å². The molecule has 0 aliphatic carbocycles. The molecule has 0 heterocycles. The third kappa shape index (κ3) is 4.51. The van der Waals surface area contributed by atoms with Crippen LogP contribution in [0.25, 0.3) is 0 Å². The average Bonchev–Trinajstić information content (AvgIpc) is 2.29. The Hall–Kier alpha value is -0.820. The largest absolute Gasteiger partial charge is 0.314 e. The Morgan fingerprint density at radius 3 is 2.00 bits per heavy atom. The predicted molar refractivity (Wildman–Crippen MR) is 76.5 cm³/mol. The highest BCUT2D eigenvalue weighted by Gasteiger charge is 2.12. The summed E-state index contributed by atoms with van der Waals surface area (Å²) in [6.07, 6.45) is 1.13. The highest BCUT2D eigenvalue weighted by atomic mass is 14.9. The first kappa shape index (κ1) is 14.2. The molecule has 17 heavy (non-hydrogen) atoms. The Kier molecular flexibility index (Phi) is 5.70. The molecular weight excluding hydrogens is 206 g/mol. The van der Waals surface area contributed by atoms with Gasteiger partial charge in [0.05, 0.1) is 0 Å². The fourth-order valence-corrected chi connectivity index (χ4v) is 2.10. The monoisotopic (exact) mass is 233 g/mol. The maximum Gasteiger partial charge on any atom is 0.0130 e. The number of nitrogens with one attached hydrogen (secondary N) is 1. The van der Waals surface area contributed by atoms with Crippen LogP contribution in [0.3, 0.4) is 0 Å². The van der Waals surface area contributed by atoms with E-state index in [0.717, 1.165) is 13.0 Å². The average molecular weight is 233 g/mol. The van der Waals surface area contributed by atoms with Gasteiger partial charge < -0.3 is 5.32 Å². The standard InChI is InChI=1S/C16H27N/c1-6-17-16(13(4)5)11-14-7-9-15(10-8-14)12(2)3/h7-10,12-13,16-17H,6,11H2,1-5H3. The molecule has 0 radical (unpaired) electrons. The van der Waals surface area contributed by atoms with Crippen LogP contribution in [0.15, 0.2) is 24.3 Å². The molecule has 1 heteroatoms. The SMILES string of the molecule is CCNC(Cc1ccc(C(C)C)cc1)C(C)C. The van der Waals surface area contributed by atoms with E-state index in [1.165, 1.54) is 11.1 Å². The van der Waals surface area contributed by atoms with E-state index in [-0.39, 0.29) is 0 Å². The molecule has 0 spiro atoms. The minimum Gasteiger partial charge on any atom is -0.314 e. The van der Waals surface area contributed by atoms with Gasteiger partial charge in [-0.25, -0.2) is 0 Å². The Morgan fingerprint density at radius 2 is 1.59 bits per heavy atom. The topological polar surface area (TPSA) is 12.0 Å². The van der Waals surface area contributed by atoms with Gasteiger partial charge in [0.25, 0.3) is 0 Å². The van der Waals surface area contributed by atoms with Crippen LogP contribution in [-0.2, 0) is 6.42 Å². The van der Waals surface area contributed by atoms with Crippen molar-refractivity contribution in [2.45, 2.75) is 53.0 Å². The Balaban J connectivity index is 2.66. The first-order valence-electron chi connectivity index (χ1n) is 6.86. The number of benzene rings is 1. The Morgan fingerprint density at radius 1 is 1.00 bits per heavy atom. The maximum absolute atomic E-state index is 3.57. The van der Waals surface area contributed by atoms with Crippen LogP contribution < -0.4 is 5.32 Å². The third-order valence-corrected chi connectivity index (χ3v) is 3.37. The zero-order chi connectivity index (χ0) is 12.8. The minimum absolute atomic E-state index is 0.588. The summed E-state index contributed by atoms with van der Waals surface area (Å²) < 4.78 is 0. The lowest BCUT2D eigenvalue weighted by atomic mass is 9.94. The molecule has 0 amide bonds. The summed E-state index contributed by atoms with van der Waals surface area (Å²) in [6, 6.07) is 9.68. The van der Waals surface area contributed by atoms with E-state index >= 15 is 0 Å². The van der Waals surface area contributed by atoms with Gasteiger partial charge in [0, 0.05) is 6.04 Å². The molecule has 1 nitrogen and oxygen atoms in total. The second-order valence-corrected chi connectivity index (χ2v) is 5.51. The summed E-state index contributed by atoms with van der Waals surface area (Å²) in [7, 11) is 0. The van der Waals surface area contributed by atoms with E-state index < -0.39 is 0 Å². The number of hydrogen-bond donors (Lipinski definition) is 1. The maximum atomic E-state index is 3.57. The molecule has 0 saturated carbocycles. The van der Waals surface area contributed by atoms with Crippen LogP contribution in [0, 0.1) is 5.92 Å². The van der Waals surface area contributed by atoms with Crippen molar-refractivity contribution < 1.29 is 0 Å². The van der Waals surface area contributed by atoms with Crippen molar-refractivity contribution in [3.8, 4) is 0 Å². The summed E-state index contributed by atoms with van der Waals surface area (Å²) in [5, 5.41) is 3.57. The number of hydrogen-bond acceptors (Lipinski definition) is 1. The highest BCUT2D eigenvalue weighted by molar-refractivity contribution is 5.25. The van der Waals surface area contributed by atoms with E-state index in [1.54, 1.807) is 0 Å². The molecule has 96 valence electrons. The van der Waals surface area contributed by atoms with Crippen LogP contribution in [0.2, 0.25) is 0 Å². The van der Waals surface area contributed by atoms with Crippen LogP contribution in [0.4, 0.5) is 0 Å². The number of rotatable bonds is 6. The van der Waals surface area contributed by atoms with Gasteiger partial charge in [0.15, 0.2) is 0 Å². The van der Waals surface area contributed by atoms with Gasteiger partial charge in [0.2, 0.25) is 0 Å². The van der Waals surface area contributed by atoms with E-state index in [4.69, 9.17) is 0 Å². The van der Waals surface area contributed by atoms with Crippen LogP contribution in [-0.4, -0.2) is 12.6 Å². The molecular formula is C16H27N. The first-order chi connectivity index (χ1) is 8.04. The van der Waals surface area contributed by atoms with Crippen molar-refractivity contribution in [2.24, 2.45) is 5.92 Å². The second-order valence-electron chi connectivity index (χ2n) is 5.51. The van der Waals surface area contributed by atoms with Gasteiger partial charge in [-0.1, -0.05) is 58.9 Å². The lowest BCUT2D eigenvalue weighted by molar-refractivity contribution is 0.405. The van der Waals surface area contributed by atoms with Crippen molar-refractivity contribution in [2.75, 3.05) is 6.54 Å². The summed E-state index contributed by atoms with van der Waals surface area (Å²) >= 11 is 0. The molecule has 1 unspecified atom stereocenters. The van der Waals surface area contributed by atoms with Gasteiger partial charge in [-0.2, -0.15) is 0 Å². The zero-order valence-corrected chi connectivity index (χ0v) is 12.0. The second kappa shape index (κ2) is 6.80. The summed E-state index contributed by atoms with van der Waals surface area (Å²) in [4.78, 5) is 0. The van der Waals surface area contributed by atoms with Gasteiger partial charge in [-0.3, -0.25) is 0 Å². The molecule has 0 aromatic heterocycles.